The molecule has 0 heterocycles. The van der Waals surface area contributed by atoms with Gasteiger partial charge in [-0.1, -0.05) is 23.7 Å². The van der Waals surface area contributed by atoms with Gasteiger partial charge in [0.15, 0.2) is 0 Å². The summed E-state index contributed by atoms with van der Waals surface area (Å²) >= 11 is 0. The van der Waals surface area contributed by atoms with Crippen LogP contribution in [0.25, 0.3) is 0 Å². The van der Waals surface area contributed by atoms with Crippen LogP contribution >= 0.6 is 0 Å². The molecule has 0 spiro atoms. The van der Waals surface area contributed by atoms with Crippen LogP contribution in [0.1, 0.15) is 77.0 Å². The predicted octanol–water partition coefficient (Wildman–Crippen LogP) is 3.36. The summed E-state index contributed by atoms with van der Waals surface area (Å²) in [6, 6.07) is 0. The minimum absolute atomic E-state index is 0.305. The third-order valence-electron chi connectivity index (χ3n) is 7.50. The predicted molar refractivity (Wildman–Crippen MR) is 147 cm³/mol. The summed E-state index contributed by atoms with van der Waals surface area (Å²) in [5.41, 5.74) is -1.34. The summed E-state index contributed by atoms with van der Waals surface area (Å²) in [5.74, 6) is 19.1. The molecule has 0 aromatic rings. The van der Waals surface area contributed by atoms with Crippen molar-refractivity contribution in [3.8, 4) is 47.4 Å². The SMILES string of the molecule is O=C(OCC(COC(=O)C1C#CCCC1)(COC(=O)C1C#CCCC1)COC(=O)C1C#CCCC1)C1C#CCCC1. The molecule has 0 amide bonds. The second kappa shape index (κ2) is 15.2. The van der Waals surface area contributed by atoms with Crippen molar-refractivity contribution < 1.29 is 38.1 Å². The second-order valence-electron chi connectivity index (χ2n) is 11.0. The van der Waals surface area contributed by atoms with Crippen molar-refractivity contribution in [2.45, 2.75) is 77.0 Å². The van der Waals surface area contributed by atoms with Crippen molar-refractivity contribution in [3.63, 3.8) is 0 Å². The van der Waals surface area contributed by atoms with E-state index >= 15 is 0 Å². The average Bonchev–Trinajstić information content (AvgIpc) is 3.05. The number of carbonyl (C=O) groups excluding carboxylic acids is 4. The van der Waals surface area contributed by atoms with Gasteiger partial charge in [0.25, 0.3) is 0 Å². The lowest BCUT2D eigenvalue weighted by molar-refractivity contribution is -0.174. The Morgan fingerprint density at radius 2 is 0.707 bits per heavy atom. The Hall–Kier alpha value is -3.88. The Morgan fingerprint density at radius 3 is 0.902 bits per heavy atom. The lowest BCUT2D eigenvalue weighted by Gasteiger charge is -2.33. The molecular weight excluding hydrogens is 524 g/mol. The number of hydrogen-bond donors (Lipinski definition) is 0. The fourth-order valence-electron chi connectivity index (χ4n) is 4.90. The summed E-state index contributed by atoms with van der Waals surface area (Å²) in [5, 5.41) is 0. The summed E-state index contributed by atoms with van der Waals surface area (Å²) in [7, 11) is 0. The van der Waals surface area contributed by atoms with Gasteiger partial charge >= 0.3 is 23.9 Å². The first-order chi connectivity index (χ1) is 20.0. The van der Waals surface area contributed by atoms with Crippen LogP contribution in [0.4, 0.5) is 0 Å². The van der Waals surface area contributed by atoms with Crippen LogP contribution in [0.15, 0.2) is 0 Å². The lowest BCUT2D eigenvalue weighted by atomic mass is 9.91. The molecule has 4 unspecified atom stereocenters. The van der Waals surface area contributed by atoms with Gasteiger partial charge < -0.3 is 18.9 Å². The number of carbonyl (C=O) groups is 4. The summed E-state index contributed by atoms with van der Waals surface area (Å²) in [6.45, 7) is -1.22. The molecule has 4 rings (SSSR count). The van der Waals surface area contributed by atoms with Crippen LogP contribution in [0.3, 0.4) is 0 Å². The molecule has 0 radical (unpaired) electrons. The lowest BCUT2D eigenvalue weighted by Crippen LogP contribution is -2.45. The highest BCUT2D eigenvalue weighted by Crippen LogP contribution is 2.26. The molecule has 0 fully saturated rings. The minimum Gasteiger partial charge on any atom is -0.464 e. The first-order valence-electron chi connectivity index (χ1n) is 14.6. The molecule has 216 valence electrons. The fraction of sp³-hybridized carbons (Fsp3) is 0.636. The Bertz CT molecular complexity index is 1050. The maximum Gasteiger partial charge on any atom is 0.321 e. The number of esters is 4. The molecule has 8 heteroatoms. The van der Waals surface area contributed by atoms with E-state index in [0.29, 0.717) is 25.7 Å². The van der Waals surface area contributed by atoms with Gasteiger partial charge in [-0.05, 0) is 51.4 Å². The summed E-state index contributed by atoms with van der Waals surface area (Å²) < 4.78 is 22.7. The molecule has 0 aliphatic heterocycles. The fourth-order valence-corrected chi connectivity index (χ4v) is 4.90. The third-order valence-corrected chi connectivity index (χ3v) is 7.50. The topological polar surface area (TPSA) is 105 Å². The summed E-state index contributed by atoms with van der Waals surface area (Å²) in [4.78, 5) is 51.6. The largest absolute Gasteiger partial charge is 0.464 e. The summed E-state index contributed by atoms with van der Waals surface area (Å²) in [6.07, 6.45) is 8.41. The van der Waals surface area contributed by atoms with E-state index < -0.39 is 53.0 Å². The van der Waals surface area contributed by atoms with Crippen molar-refractivity contribution >= 4 is 23.9 Å². The van der Waals surface area contributed by atoms with Crippen LogP contribution in [0.5, 0.6) is 0 Å². The zero-order valence-corrected chi connectivity index (χ0v) is 23.4. The Labute approximate surface area is 241 Å². The van der Waals surface area contributed by atoms with Gasteiger partial charge in [-0.15, -0.1) is 23.7 Å². The van der Waals surface area contributed by atoms with Crippen molar-refractivity contribution in [1.29, 1.82) is 0 Å². The zero-order valence-electron chi connectivity index (χ0n) is 23.4. The van der Waals surface area contributed by atoms with Crippen LogP contribution in [-0.2, 0) is 38.1 Å². The van der Waals surface area contributed by atoms with E-state index in [1.54, 1.807) is 0 Å². The van der Waals surface area contributed by atoms with Crippen LogP contribution in [0.2, 0.25) is 0 Å². The van der Waals surface area contributed by atoms with E-state index in [1.165, 1.54) is 0 Å². The second-order valence-corrected chi connectivity index (χ2v) is 11.0. The molecular formula is C33H36O8. The van der Waals surface area contributed by atoms with Gasteiger partial charge in [-0.3, -0.25) is 19.2 Å². The Balaban J connectivity index is 1.52. The quantitative estimate of drug-likeness (QED) is 0.203. The molecule has 41 heavy (non-hydrogen) atoms. The van der Waals surface area contributed by atoms with Gasteiger partial charge in [0.05, 0.1) is 0 Å². The van der Waals surface area contributed by atoms with Crippen molar-refractivity contribution in [3.05, 3.63) is 0 Å². The van der Waals surface area contributed by atoms with Crippen molar-refractivity contribution in [1.82, 2.24) is 0 Å². The molecule has 4 aliphatic rings. The molecule has 8 nitrogen and oxygen atoms in total. The maximum absolute atomic E-state index is 12.9. The van der Waals surface area contributed by atoms with Gasteiger partial charge in [0.2, 0.25) is 0 Å². The van der Waals surface area contributed by atoms with Crippen LogP contribution in [0, 0.1) is 76.5 Å². The van der Waals surface area contributed by atoms with Gasteiger partial charge in [0.1, 0.15) is 55.5 Å². The van der Waals surface area contributed by atoms with E-state index in [1.807, 2.05) is 0 Å². The first kappa shape index (κ1) is 30.1. The van der Waals surface area contributed by atoms with E-state index in [0.717, 1.165) is 51.4 Å². The molecule has 0 bridgehead atoms. The van der Waals surface area contributed by atoms with Gasteiger partial charge in [-0.25, -0.2) is 0 Å². The number of ether oxygens (including phenoxy) is 4. The molecule has 0 saturated heterocycles. The number of hydrogen-bond acceptors (Lipinski definition) is 8. The van der Waals surface area contributed by atoms with Crippen molar-refractivity contribution in [2.24, 2.45) is 29.1 Å². The normalized spacial score (nSPS) is 25.4. The van der Waals surface area contributed by atoms with Crippen molar-refractivity contribution in [2.75, 3.05) is 26.4 Å². The first-order valence-corrected chi connectivity index (χ1v) is 14.6. The number of rotatable bonds is 12. The molecule has 4 aliphatic carbocycles. The van der Waals surface area contributed by atoms with E-state index in [-0.39, 0.29) is 26.4 Å². The highest BCUT2D eigenvalue weighted by atomic mass is 16.6. The molecule has 0 aromatic heterocycles. The van der Waals surface area contributed by atoms with E-state index in [4.69, 9.17) is 18.9 Å². The highest BCUT2D eigenvalue weighted by molar-refractivity contribution is 5.78. The van der Waals surface area contributed by atoms with Crippen LogP contribution in [-0.4, -0.2) is 50.3 Å². The minimum atomic E-state index is -1.34. The smallest absolute Gasteiger partial charge is 0.321 e. The van der Waals surface area contributed by atoms with E-state index in [2.05, 4.69) is 47.4 Å². The van der Waals surface area contributed by atoms with Gasteiger partial charge in [0, 0.05) is 25.7 Å². The van der Waals surface area contributed by atoms with Gasteiger partial charge in [-0.2, -0.15) is 0 Å². The standard InChI is InChI=1S/C33H36O8/c34-29(25-13-5-1-6-14-25)38-21-33(22-39-30(35)26-15-7-2-8-16-26,23-40-31(36)27-17-9-3-10-18-27)24-41-32(37)28-19-11-4-12-20-28/h25-28H,1-5,7,9,11,13,15,17,19,21-24H2. The molecule has 4 atom stereocenters. The maximum atomic E-state index is 12.9. The molecule has 0 aromatic carbocycles. The zero-order chi connectivity index (χ0) is 28.9. The van der Waals surface area contributed by atoms with Crippen LogP contribution < -0.4 is 0 Å². The molecule has 0 saturated carbocycles. The van der Waals surface area contributed by atoms with E-state index in [9.17, 15) is 19.2 Å². The highest BCUT2D eigenvalue weighted by Gasteiger charge is 2.40. The monoisotopic (exact) mass is 560 g/mol. The Morgan fingerprint density at radius 1 is 0.463 bits per heavy atom. The third kappa shape index (κ3) is 9.06. The average molecular weight is 561 g/mol. The molecule has 0 N–H and O–H groups in total. The Kier molecular flexibility index (Phi) is 11.2.